The predicted molar refractivity (Wildman–Crippen MR) is 83.4 cm³/mol. The molecule has 1 aliphatic heterocycles. The van der Waals surface area contributed by atoms with Gasteiger partial charge in [-0.2, -0.15) is 0 Å². The summed E-state index contributed by atoms with van der Waals surface area (Å²) in [6.07, 6.45) is 1.90. The number of nitrogens with two attached hydrogens (primary N) is 1. The van der Waals surface area contributed by atoms with E-state index < -0.39 is 0 Å². The van der Waals surface area contributed by atoms with Gasteiger partial charge in [0.15, 0.2) is 5.96 Å². The number of nitrogens with zero attached hydrogens (tertiary/aromatic N) is 3. The van der Waals surface area contributed by atoms with Crippen LogP contribution in [0.15, 0.2) is 12.3 Å². The van der Waals surface area contributed by atoms with Crippen molar-refractivity contribution in [1.29, 1.82) is 5.41 Å². The Hall–Kier alpha value is -1.82. The molecule has 0 saturated carbocycles. The number of anilines is 2. The van der Waals surface area contributed by atoms with Crippen LogP contribution in [0.2, 0.25) is 0 Å². The number of hydrogen-bond donors (Lipinski definition) is 3. The van der Waals surface area contributed by atoms with Crippen molar-refractivity contribution in [2.75, 3.05) is 36.4 Å². The molecule has 6 heteroatoms. The Morgan fingerprint density at radius 3 is 2.90 bits per heavy atom. The number of likely N-dealkylation sites (N-methyl/N-ethyl adjacent to an activating group) is 1. The number of hydrogen-bond acceptors (Lipinski definition) is 4. The van der Waals surface area contributed by atoms with Gasteiger partial charge in [0.1, 0.15) is 0 Å². The first-order valence-electron chi connectivity index (χ1n) is 7.08. The monoisotopic (exact) mass is 276 g/mol. The first kappa shape index (κ1) is 14.6. The highest BCUT2D eigenvalue weighted by molar-refractivity contribution is 5.90. The summed E-state index contributed by atoms with van der Waals surface area (Å²) in [6, 6.07) is 2.57. The normalized spacial score (nSPS) is 19.9. The van der Waals surface area contributed by atoms with Crippen molar-refractivity contribution in [2.45, 2.75) is 26.8 Å². The zero-order chi connectivity index (χ0) is 14.7. The van der Waals surface area contributed by atoms with E-state index in [9.17, 15) is 0 Å². The van der Waals surface area contributed by atoms with Gasteiger partial charge >= 0.3 is 0 Å². The lowest BCUT2D eigenvalue weighted by atomic mass is 10.1. The lowest BCUT2D eigenvalue weighted by Gasteiger charge is -2.40. The molecule has 0 aliphatic carbocycles. The Kier molecular flexibility index (Phi) is 4.44. The molecular weight excluding hydrogens is 252 g/mol. The molecule has 0 unspecified atom stereocenters. The summed E-state index contributed by atoms with van der Waals surface area (Å²) >= 11 is 0. The average Bonchev–Trinajstić information content (AvgIpc) is 2.40. The Balaban J connectivity index is 2.15. The molecule has 0 spiro atoms. The fourth-order valence-electron chi connectivity index (χ4n) is 2.67. The second kappa shape index (κ2) is 6.09. The maximum Gasteiger partial charge on any atom is 0.190 e. The number of guanidine groups is 1. The fourth-order valence-corrected chi connectivity index (χ4v) is 2.67. The van der Waals surface area contributed by atoms with Crippen molar-refractivity contribution >= 4 is 17.3 Å². The van der Waals surface area contributed by atoms with Crippen molar-refractivity contribution in [3.63, 3.8) is 0 Å². The SMILES string of the molecule is CCN1CCN(c2cnc(C)c(NC(=N)N)c2)C[C@@H]1C. The predicted octanol–water partition coefficient (Wildman–Crippen LogP) is 1.23. The number of nitrogens with one attached hydrogen (secondary N) is 2. The van der Waals surface area contributed by atoms with Gasteiger partial charge in [-0.25, -0.2) is 0 Å². The van der Waals surface area contributed by atoms with Crippen molar-refractivity contribution in [2.24, 2.45) is 5.73 Å². The first-order chi connectivity index (χ1) is 9.51. The summed E-state index contributed by atoms with van der Waals surface area (Å²) in [5, 5.41) is 10.2. The van der Waals surface area contributed by atoms with E-state index in [-0.39, 0.29) is 5.96 Å². The van der Waals surface area contributed by atoms with Crippen molar-refractivity contribution in [1.82, 2.24) is 9.88 Å². The molecule has 20 heavy (non-hydrogen) atoms. The number of pyridine rings is 1. The number of rotatable bonds is 3. The third kappa shape index (κ3) is 3.19. The molecule has 6 nitrogen and oxygen atoms in total. The summed E-state index contributed by atoms with van der Waals surface area (Å²) in [5.41, 5.74) is 8.15. The van der Waals surface area contributed by atoms with Gasteiger partial charge in [-0.1, -0.05) is 6.92 Å². The quantitative estimate of drug-likeness (QED) is 0.571. The van der Waals surface area contributed by atoms with E-state index in [1.54, 1.807) is 0 Å². The molecule has 110 valence electrons. The van der Waals surface area contributed by atoms with Crippen molar-refractivity contribution in [3.05, 3.63) is 18.0 Å². The molecule has 1 aliphatic rings. The summed E-state index contributed by atoms with van der Waals surface area (Å²) in [7, 11) is 0. The Labute approximate surface area is 120 Å². The number of aromatic nitrogens is 1. The highest BCUT2D eigenvalue weighted by atomic mass is 15.3. The maximum absolute atomic E-state index is 7.35. The zero-order valence-electron chi connectivity index (χ0n) is 12.5. The third-order valence-electron chi connectivity index (χ3n) is 3.88. The minimum Gasteiger partial charge on any atom is -0.370 e. The molecule has 4 N–H and O–H groups in total. The lowest BCUT2D eigenvalue weighted by molar-refractivity contribution is 0.199. The second-order valence-electron chi connectivity index (χ2n) is 5.29. The molecule has 1 aromatic rings. The van der Waals surface area contributed by atoms with Gasteiger partial charge in [0.25, 0.3) is 0 Å². The lowest BCUT2D eigenvalue weighted by Crippen LogP contribution is -2.51. The smallest absolute Gasteiger partial charge is 0.190 e. The molecule has 1 fully saturated rings. The average molecular weight is 276 g/mol. The topological polar surface area (TPSA) is 81.3 Å². The number of piperazine rings is 1. The first-order valence-corrected chi connectivity index (χ1v) is 7.08. The van der Waals surface area contributed by atoms with Crippen LogP contribution in [0.3, 0.4) is 0 Å². The van der Waals surface area contributed by atoms with E-state index in [1.807, 2.05) is 19.2 Å². The van der Waals surface area contributed by atoms with Gasteiger partial charge in [-0.3, -0.25) is 15.3 Å². The van der Waals surface area contributed by atoms with Gasteiger partial charge in [0.05, 0.1) is 23.3 Å². The van der Waals surface area contributed by atoms with Gasteiger partial charge in [-0.05, 0) is 26.5 Å². The van der Waals surface area contributed by atoms with Gasteiger partial charge in [-0.15, -0.1) is 0 Å². The zero-order valence-corrected chi connectivity index (χ0v) is 12.5. The molecule has 1 saturated heterocycles. The van der Waals surface area contributed by atoms with Crippen LogP contribution in [-0.4, -0.2) is 48.1 Å². The van der Waals surface area contributed by atoms with E-state index in [1.165, 1.54) is 0 Å². The van der Waals surface area contributed by atoms with Crippen LogP contribution >= 0.6 is 0 Å². The van der Waals surface area contributed by atoms with Crippen LogP contribution < -0.4 is 16.0 Å². The molecule has 0 radical (unpaired) electrons. The summed E-state index contributed by atoms with van der Waals surface area (Å²) in [6.45, 7) is 10.5. The number of aryl methyl sites for hydroxylation is 1. The summed E-state index contributed by atoms with van der Waals surface area (Å²) in [4.78, 5) is 9.22. The maximum atomic E-state index is 7.35. The molecule has 0 amide bonds. The Morgan fingerprint density at radius 1 is 1.55 bits per heavy atom. The fraction of sp³-hybridized carbons (Fsp3) is 0.571. The highest BCUT2D eigenvalue weighted by Gasteiger charge is 2.23. The molecule has 0 aromatic carbocycles. The minimum atomic E-state index is -0.0591. The summed E-state index contributed by atoms with van der Waals surface area (Å²) < 4.78 is 0. The van der Waals surface area contributed by atoms with Crippen LogP contribution in [0.4, 0.5) is 11.4 Å². The molecule has 2 heterocycles. The van der Waals surface area contributed by atoms with Crippen molar-refractivity contribution < 1.29 is 0 Å². The highest BCUT2D eigenvalue weighted by Crippen LogP contribution is 2.23. The summed E-state index contributed by atoms with van der Waals surface area (Å²) in [5.74, 6) is -0.0591. The van der Waals surface area contributed by atoms with E-state index in [0.717, 1.165) is 43.2 Å². The second-order valence-corrected chi connectivity index (χ2v) is 5.29. The third-order valence-corrected chi connectivity index (χ3v) is 3.88. The van der Waals surface area contributed by atoms with E-state index >= 15 is 0 Å². The van der Waals surface area contributed by atoms with Gasteiger partial charge in [0, 0.05) is 25.7 Å². The molecular formula is C14H24N6. The molecule has 1 aromatic heterocycles. The van der Waals surface area contributed by atoms with Crippen LogP contribution in [0, 0.1) is 12.3 Å². The van der Waals surface area contributed by atoms with Crippen LogP contribution in [-0.2, 0) is 0 Å². The molecule has 1 atom stereocenters. The van der Waals surface area contributed by atoms with E-state index in [0.29, 0.717) is 6.04 Å². The minimum absolute atomic E-state index is 0.0591. The van der Waals surface area contributed by atoms with Gasteiger partial charge < -0.3 is 16.0 Å². The Morgan fingerprint density at radius 2 is 2.30 bits per heavy atom. The van der Waals surface area contributed by atoms with Crippen LogP contribution in [0.5, 0.6) is 0 Å². The standard InChI is InChI=1S/C14H24N6/c1-4-19-5-6-20(9-10(19)2)12-7-13(18-14(15)16)11(3)17-8-12/h7-8,10H,4-6,9H2,1-3H3,(H4,15,16,18)/t10-/m0/s1. The van der Waals surface area contributed by atoms with Gasteiger partial charge in [0.2, 0.25) is 0 Å². The van der Waals surface area contributed by atoms with Crippen LogP contribution in [0.1, 0.15) is 19.5 Å². The molecule has 0 bridgehead atoms. The Bertz CT molecular complexity index is 487. The molecule has 2 rings (SSSR count). The van der Waals surface area contributed by atoms with Crippen LogP contribution in [0.25, 0.3) is 0 Å². The largest absolute Gasteiger partial charge is 0.370 e. The van der Waals surface area contributed by atoms with E-state index in [2.05, 4.69) is 33.9 Å². The van der Waals surface area contributed by atoms with Crippen molar-refractivity contribution in [3.8, 4) is 0 Å². The van der Waals surface area contributed by atoms with E-state index in [4.69, 9.17) is 11.1 Å².